The van der Waals surface area contributed by atoms with Gasteiger partial charge in [-0.2, -0.15) is 17.6 Å². The first-order chi connectivity index (χ1) is 6.27. The highest BCUT2D eigenvalue weighted by atomic mass is 19.3. The highest BCUT2D eigenvalue weighted by Crippen LogP contribution is 2.53. The quantitative estimate of drug-likeness (QED) is 0.661. The highest BCUT2D eigenvalue weighted by Gasteiger charge is 2.76. The maximum absolute atomic E-state index is 13.3. The third-order valence-corrected chi connectivity index (χ3v) is 2.26. The fourth-order valence-electron chi connectivity index (χ4n) is 1.29. The van der Waals surface area contributed by atoms with E-state index in [0.717, 1.165) is 0 Å². The molecule has 0 aromatic heterocycles. The summed E-state index contributed by atoms with van der Waals surface area (Å²) in [5.74, 6) is -12.6. The van der Waals surface area contributed by atoms with Crippen LogP contribution >= 0.6 is 0 Å². The molecular formula is C8H11F5O. The van der Waals surface area contributed by atoms with Gasteiger partial charge in [-0.25, -0.2) is 4.39 Å². The minimum Gasteiger partial charge on any atom is -0.334 e. The molecule has 1 heterocycles. The lowest BCUT2D eigenvalue weighted by atomic mass is 10.0. The van der Waals surface area contributed by atoms with Crippen molar-refractivity contribution in [2.45, 2.75) is 43.9 Å². The number of hydrogen-bond acceptors (Lipinski definition) is 1. The van der Waals surface area contributed by atoms with Gasteiger partial charge in [0.2, 0.25) is 0 Å². The summed E-state index contributed by atoms with van der Waals surface area (Å²) in [6.45, 7) is 0.0921. The van der Waals surface area contributed by atoms with Crippen molar-refractivity contribution in [3.05, 3.63) is 0 Å². The molecule has 1 aliphatic rings. The van der Waals surface area contributed by atoms with E-state index in [-0.39, 0.29) is 6.42 Å². The summed E-state index contributed by atoms with van der Waals surface area (Å²) in [6, 6.07) is 0. The monoisotopic (exact) mass is 218 g/mol. The van der Waals surface area contributed by atoms with Gasteiger partial charge < -0.3 is 4.74 Å². The van der Waals surface area contributed by atoms with Crippen LogP contribution in [0.1, 0.15) is 26.2 Å². The molecule has 0 N–H and O–H groups in total. The second-order valence-electron chi connectivity index (χ2n) is 3.40. The number of unbranched alkanes of at least 4 members (excludes halogenated alkanes) is 1. The summed E-state index contributed by atoms with van der Waals surface area (Å²) in [6.07, 6.45) is -0.176. The van der Waals surface area contributed by atoms with Crippen LogP contribution in [0.3, 0.4) is 0 Å². The van der Waals surface area contributed by atoms with Crippen LogP contribution in [-0.4, -0.2) is 24.3 Å². The molecule has 1 nitrogen and oxygen atoms in total. The summed E-state index contributed by atoms with van der Waals surface area (Å²) in [5, 5.41) is 0. The molecule has 1 aliphatic heterocycles. The maximum atomic E-state index is 13.3. The first-order valence-corrected chi connectivity index (χ1v) is 4.35. The predicted octanol–water partition coefficient (Wildman–Crippen LogP) is 3.14. The molecule has 0 aliphatic carbocycles. The Kier molecular flexibility index (Phi) is 2.77. The number of rotatable bonds is 3. The summed E-state index contributed by atoms with van der Waals surface area (Å²) < 4.78 is 68.0. The molecule has 0 amide bonds. The Morgan fingerprint density at radius 2 is 1.71 bits per heavy atom. The Hall–Kier alpha value is -0.390. The lowest BCUT2D eigenvalue weighted by Crippen LogP contribution is -2.49. The molecule has 0 saturated carbocycles. The summed E-state index contributed by atoms with van der Waals surface area (Å²) >= 11 is 0. The van der Waals surface area contributed by atoms with E-state index in [1.807, 2.05) is 0 Å². The fourth-order valence-corrected chi connectivity index (χ4v) is 1.29. The van der Waals surface area contributed by atoms with Crippen molar-refractivity contribution < 1.29 is 26.7 Å². The van der Waals surface area contributed by atoms with Gasteiger partial charge in [0.15, 0.2) is 0 Å². The van der Waals surface area contributed by atoms with E-state index < -0.39 is 30.7 Å². The highest BCUT2D eigenvalue weighted by molar-refractivity contribution is 5.02. The second-order valence-corrected chi connectivity index (χ2v) is 3.40. The van der Waals surface area contributed by atoms with Gasteiger partial charge in [-0.3, -0.25) is 0 Å². The molecule has 1 atom stereocenters. The zero-order valence-electron chi connectivity index (χ0n) is 7.63. The van der Waals surface area contributed by atoms with E-state index in [2.05, 4.69) is 4.74 Å². The summed E-state index contributed by atoms with van der Waals surface area (Å²) in [4.78, 5) is 0. The average molecular weight is 218 g/mol. The van der Waals surface area contributed by atoms with E-state index in [9.17, 15) is 22.0 Å². The van der Waals surface area contributed by atoms with E-state index in [1.165, 1.54) is 0 Å². The van der Waals surface area contributed by atoms with Crippen molar-refractivity contribution >= 4 is 0 Å². The molecule has 1 rings (SSSR count). The van der Waals surface area contributed by atoms with Crippen LogP contribution in [0, 0.1) is 0 Å². The molecule has 0 radical (unpaired) electrons. The van der Waals surface area contributed by atoms with E-state index in [1.54, 1.807) is 6.92 Å². The van der Waals surface area contributed by atoms with Crippen LogP contribution in [0.2, 0.25) is 0 Å². The third-order valence-electron chi connectivity index (χ3n) is 2.26. The van der Waals surface area contributed by atoms with E-state index in [4.69, 9.17) is 0 Å². The largest absolute Gasteiger partial charge is 0.369 e. The Balaban J connectivity index is 2.81. The van der Waals surface area contributed by atoms with Gasteiger partial charge in [-0.05, 0) is 6.42 Å². The standard InChI is InChI=1S/C8H11F5O/c1-2-3-4-7(11)8(12,13)6(9,10)5-14-7/h2-5H2,1H3. The molecule has 1 fully saturated rings. The van der Waals surface area contributed by atoms with Crippen molar-refractivity contribution in [2.24, 2.45) is 0 Å². The average Bonchev–Trinajstić information content (AvgIpc) is 2.24. The van der Waals surface area contributed by atoms with Crippen LogP contribution < -0.4 is 0 Å². The third kappa shape index (κ3) is 1.49. The predicted molar refractivity (Wildman–Crippen MR) is 39.2 cm³/mol. The normalized spacial score (nSPS) is 34.7. The summed E-state index contributed by atoms with van der Waals surface area (Å²) in [7, 11) is 0. The van der Waals surface area contributed by atoms with Crippen LogP contribution in [0.15, 0.2) is 0 Å². The SMILES string of the molecule is CCCCC1(F)OCC(F)(F)C1(F)F. The zero-order chi connectivity index (χ0) is 11.0. The van der Waals surface area contributed by atoms with Crippen LogP contribution in [-0.2, 0) is 4.74 Å². The first-order valence-electron chi connectivity index (χ1n) is 4.35. The lowest BCUT2D eigenvalue weighted by molar-refractivity contribution is -0.268. The van der Waals surface area contributed by atoms with Crippen molar-refractivity contribution in [1.29, 1.82) is 0 Å². The molecule has 6 heteroatoms. The molecule has 14 heavy (non-hydrogen) atoms. The lowest BCUT2D eigenvalue weighted by Gasteiger charge is -2.27. The number of ether oxygens (including phenoxy) is 1. The van der Waals surface area contributed by atoms with Crippen LogP contribution in [0.4, 0.5) is 22.0 Å². The summed E-state index contributed by atoms with van der Waals surface area (Å²) in [5.41, 5.74) is 0. The molecule has 1 saturated heterocycles. The molecule has 0 aromatic carbocycles. The van der Waals surface area contributed by atoms with Gasteiger partial charge in [0.25, 0.3) is 5.85 Å². The van der Waals surface area contributed by atoms with Crippen LogP contribution in [0.5, 0.6) is 0 Å². The van der Waals surface area contributed by atoms with Crippen molar-refractivity contribution in [1.82, 2.24) is 0 Å². The van der Waals surface area contributed by atoms with Crippen LogP contribution in [0.25, 0.3) is 0 Å². The van der Waals surface area contributed by atoms with Crippen molar-refractivity contribution in [2.75, 3.05) is 6.61 Å². The second kappa shape index (κ2) is 3.32. The topological polar surface area (TPSA) is 9.23 Å². The van der Waals surface area contributed by atoms with Gasteiger partial charge in [-0.1, -0.05) is 13.3 Å². The number of halogens is 5. The smallest absolute Gasteiger partial charge is 0.334 e. The minimum absolute atomic E-state index is 0.0855. The Morgan fingerprint density at radius 3 is 2.07 bits per heavy atom. The fraction of sp³-hybridized carbons (Fsp3) is 1.00. The number of hydrogen-bond donors (Lipinski definition) is 0. The van der Waals surface area contributed by atoms with Gasteiger partial charge >= 0.3 is 11.8 Å². The van der Waals surface area contributed by atoms with Crippen molar-refractivity contribution in [3.8, 4) is 0 Å². The van der Waals surface area contributed by atoms with Gasteiger partial charge in [0.1, 0.15) is 6.61 Å². The maximum Gasteiger partial charge on any atom is 0.369 e. The van der Waals surface area contributed by atoms with E-state index in [0.29, 0.717) is 6.42 Å². The first kappa shape index (κ1) is 11.7. The number of alkyl halides is 5. The molecule has 0 spiro atoms. The molecule has 84 valence electrons. The minimum atomic E-state index is -4.73. The Morgan fingerprint density at radius 1 is 1.14 bits per heavy atom. The Labute approximate surface area is 78.2 Å². The molecule has 1 unspecified atom stereocenters. The van der Waals surface area contributed by atoms with Gasteiger partial charge in [0, 0.05) is 6.42 Å². The van der Waals surface area contributed by atoms with Crippen molar-refractivity contribution in [3.63, 3.8) is 0 Å². The van der Waals surface area contributed by atoms with Gasteiger partial charge in [0.05, 0.1) is 0 Å². The zero-order valence-corrected chi connectivity index (χ0v) is 7.63. The molecule has 0 aromatic rings. The van der Waals surface area contributed by atoms with E-state index >= 15 is 0 Å². The Bertz CT molecular complexity index is 218. The molecule has 0 bridgehead atoms. The van der Waals surface area contributed by atoms with Gasteiger partial charge in [-0.15, -0.1) is 0 Å². The molecular weight excluding hydrogens is 207 g/mol.